The number of hydrogen-bond donors (Lipinski definition) is 0. The van der Waals surface area contributed by atoms with Crippen LogP contribution in [0.3, 0.4) is 0 Å². The molecule has 0 saturated carbocycles. The molecule has 1 fully saturated rings. The van der Waals surface area contributed by atoms with E-state index in [9.17, 15) is 0 Å². The molecular formula is C22H21ClN6. The van der Waals surface area contributed by atoms with Crippen LogP contribution in [0, 0.1) is 0 Å². The number of benzene rings is 1. The zero-order valence-electron chi connectivity index (χ0n) is 16.2. The molecule has 0 radical (unpaired) electrons. The fourth-order valence-corrected chi connectivity index (χ4v) is 3.85. The van der Waals surface area contributed by atoms with Gasteiger partial charge in [0.2, 0.25) is 0 Å². The van der Waals surface area contributed by atoms with Crippen LogP contribution in [0.25, 0.3) is 28.2 Å². The predicted octanol–water partition coefficient (Wildman–Crippen LogP) is 3.86. The maximum absolute atomic E-state index is 6.17. The van der Waals surface area contributed by atoms with Gasteiger partial charge in [-0.2, -0.15) is 0 Å². The molecule has 0 unspecified atom stereocenters. The van der Waals surface area contributed by atoms with Gasteiger partial charge >= 0.3 is 0 Å². The van der Waals surface area contributed by atoms with Crippen LogP contribution in [0.1, 0.15) is 0 Å². The van der Waals surface area contributed by atoms with E-state index in [-0.39, 0.29) is 0 Å². The molecule has 1 saturated heterocycles. The highest BCUT2D eigenvalue weighted by atomic mass is 35.5. The second kappa shape index (κ2) is 7.46. The Morgan fingerprint density at radius 2 is 1.72 bits per heavy atom. The van der Waals surface area contributed by atoms with Crippen molar-refractivity contribution in [1.29, 1.82) is 0 Å². The third-order valence-electron chi connectivity index (χ3n) is 5.39. The Labute approximate surface area is 174 Å². The summed E-state index contributed by atoms with van der Waals surface area (Å²) in [7, 11) is 2.16. The van der Waals surface area contributed by atoms with Crippen LogP contribution in [0.4, 0.5) is 5.82 Å². The van der Waals surface area contributed by atoms with Gasteiger partial charge in [-0.25, -0.2) is 9.97 Å². The maximum atomic E-state index is 6.17. The van der Waals surface area contributed by atoms with E-state index in [1.807, 2.05) is 47.3 Å². The molecule has 1 aromatic carbocycles. The van der Waals surface area contributed by atoms with Crippen molar-refractivity contribution < 1.29 is 0 Å². The van der Waals surface area contributed by atoms with E-state index in [4.69, 9.17) is 11.6 Å². The number of hydrogen-bond acceptors (Lipinski definition) is 5. The van der Waals surface area contributed by atoms with E-state index in [1.165, 1.54) is 0 Å². The Kier molecular flexibility index (Phi) is 4.66. The summed E-state index contributed by atoms with van der Waals surface area (Å²) < 4.78 is 2.04. The molecule has 4 heterocycles. The van der Waals surface area contributed by atoms with Gasteiger partial charge < -0.3 is 9.80 Å². The second-order valence-electron chi connectivity index (χ2n) is 7.35. The first-order valence-electron chi connectivity index (χ1n) is 9.66. The lowest BCUT2D eigenvalue weighted by Gasteiger charge is -2.33. The molecule has 0 N–H and O–H groups in total. The molecule has 0 spiro atoms. The van der Waals surface area contributed by atoms with E-state index in [0.29, 0.717) is 5.02 Å². The summed E-state index contributed by atoms with van der Waals surface area (Å²) in [6.07, 6.45) is 7.54. The fraction of sp³-hybridized carbons (Fsp3) is 0.227. The SMILES string of the molecule is CN1CCN(c2ccc(-c3cn4c(-c5cccc(Cl)c5)cnc4cn3)cn2)CC1. The minimum absolute atomic E-state index is 0.704. The molecule has 5 rings (SSSR count). The highest BCUT2D eigenvalue weighted by Gasteiger charge is 2.15. The van der Waals surface area contributed by atoms with Gasteiger partial charge in [-0.1, -0.05) is 23.7 Å². The van der Waals surface area contributed by atoms with Gasteiger partial charge in [0, 0.05) is 54.7 Å². The highest BCUT2D eigenvalue weighted by molar-refractivity contribution is 6.30. The van der Waals surface area contributed by atoms with Crippen LogP contribution >= 0.6 is 11.6 Å². The largest absolute Gasteiger partial charge is 0.354 e. The van der Waals surface area contributed by atoms with Crippen LogP contribution in [-0.2, 0) is 0 Å². The van der Waals surface area contributed by atoms with Crippen LogP contribution in [-0.4, -0.2) is 57.5 Å². The summed E-state index contributed by atoms with van der Waals surface area (Å²) >= 11 is 6.17. The highest BCUT2D eigenvalue weighted by Crippen LogP contribution is 2.26. The van der Waals surface area contributed by atoms with Crippen molar-refractivity contribution in [3.05, 3.63) is 66.2 Å². The zero-order chi connectivity index (χ0) is 19.8. The topological polar surface area (TPSA) is 49.6 Å². The number of likely N-dealkylation sites (N-methyl/N-ethyl adjacent to an activating group) is 1. The average Bonchev–Trinajstić information content (AvgIpc) is 3.18. The molecule has 0 atom stereocenters. The zero-order valence-corrected chi connectivity index (χ0v) is 16.9. The van der Waals surface area contributed by atoms with E-state index in [0.717, 1.165) is 60.2 Å². The normalized spacial score (nSPS) is 15.2. The summed E-state index contributed by atoms with van der Waals surface area (Å²) in [5, 5.41) is 0.704. The van der Waals surface area contributed by atoms with Crippen molar-refractivity contribution in [3.8, 4) is 22.5 Å². The van der Waals surface area contributed by atoms with Crippen LogP contribution in [0.15, 0.2) is 61.2 Å². The van der Waals surface area contributed by atoms with Gasteiger partial charge in [0.1, 0.15) is 5.82 Å². The number of nitrogens with zero attached hydrogens (tertiary/aromatic N) is 6. The number of imidazole rings is 1. The lowest BCUT2D eigenvalue weighted by atomic mass is 10.1. The molecule has 0 aliphatic carbocycles. The standard InChI is InChI=1S/C22H21ClN6/c1-27-7-9-28(10-8-27)21-6-5-17(12-25-21)19-15-29-20(13-26-22(29)14-24-19)16-3-2-4-18(23)11-16/h2-6,11-15H,7-10H2,1H3. The number of aromatic nitrogens is 4. The number of piperazine rings is 1. The molecule has 0 bridgehead atoms. The first-order valence-corrected chi connectivity index (χ1v) is 10.0. The molecule has 7 heteroatoms. The number of fused-ring (bicyclic) bond motifs is 1. The first kappa shape index (κ1) is 18.1. The lowest BCUT2D eigenvalue weighted by Crippen LogP contribution is -2.44. The van der Waals surface area contributed by atoms with Crippen molar-refractivity contribution in [1.82, 2.24) is 24.3 Å². The molecular weight excluding hydrogens is 384 g/mol. The van der Waals surface area contributed by atoms with Gasteiger partial charge in [0.15, 0.2) is 5.65 Å². The van der Waals surface area contributed by atoms with Crippen LogP contribution in [0.2, 0.25) is 5.02 Å². The molecule has 1 aliphatic rings. The third-order valence-corrected chi connectivity index (χ3v) is 5.62. The Morgan fingerprint density at radius 3 is 2.48 bits per heavy atom. The van der Waals surface area contributed by atoms with Crippen molar-refractivity contribution in [2.45, 2.75) is 0 Å². The summed E-state index contributed by atoms with van der Waals surface area (Å²) in [5.41, 5.74) is 4.64. The smallest absolute Gasteiger partial charge is 0.155 e. The Balaban J connectivity index is 1.47. The molecule has 1 aliphatic heterocycles. The van der Waals surface area contributed by atoms with Crippen molar-refractivity contribution in [2.24, 2.45) is 0 Å². The Hall–Kier alpha value is -2.96. The number of rotatable bonds is 3. The molecule has 29 heavy (non-hydrogen) atoms. The Bertz CT molecular complexity index is 1150. The van der Waals surface area contributed by atoms with E-state index in [1.54, 1.807) is 6.20 Å². The monoisotopic (exact) mass is 404 g/mol. The van der Waals surface area contributed by atoms with Crippen molar-refractivity contribution in [2.75, 3.05) is 38.1 Å². The molecule has 4 aromatic rings. The van der Waals surface area contributed by atoms with E-state index in [2.05, 4.69) is 43.9 Å². The summed E-state index contributed by atoms with van der Waals surface area (Å²) in [6, 6.07) is 12.0. The van der Waals surface area contributed by atoms with E-state index < -0.39 is 0 Å². The van der Waals surface area contributed by atoms with Gasteiger partial charge in [-0.3, -0.25) is 9.38 Å². The Morgan fingerprint density at radius 1 is 0.862 bits per heavy atom. The predicted molar refractivity (Wildman–Crippen MR) is 116 cm³/mol. The van der Waals surface area contributed by atoms with Crippen molar-refractivity contribution >= 4 is 23.1 Å². The maximum Gasteiger partial charge on any atom is 0.155 e. The average molecular weight is 405 g/mol. The van der Waals surface area contributed by atoms with Gasteiger partial charge in [-0.05, 0) is 31.3 Å². The molecule has 146 valence electrons. The minimum Gasteiger partial charge on any atom is -0.354 e. The number of anilines is 1. The number of halogens is 1. The van der Waals surface area contributed by atoms with Crippen LogP contribution in [0.5, 0.6) is 0 Å². The van der Waals surface area contributed by atoms with Gasteiger partial charge in [0.05, 0.1) is 23.8 Å². The minimum atomic E-state index is 0.704. The van der Waals surface area contributed by atoms with Gasteiger partial charge in [-0.15, -0.1) is 0 Å². The molecule has 3 aromatic heterocycles. The fourth-order valence-electron chi connectivity index (χ4n) is 3.66. The van der Waals surface area contributed by atoms with E-state index >= 15 is 0 Å². The van der Waals surface area contributed by atoms with Gasteiger partial charge in [0.25, 0.3) is 0 Å². The number of pyridine rings is 1. The second-order valence-corrected chi connectivity index (χ2v) is 7.79. The third kappa shape index (κ3) is 3.57. The summed E-state index contributed by atoms with van der Waals surface area (Å²) in [5.74, 6) is 1.02. The van der Waals surface area contributed by atoms with Crippen molar-refractivity contribution in [3.63, 3.8) is 0 Å². The summed E-state index contributed by atoms with van der Waals surface area (Å²) in [6.45, 7) is 4.14. The summed E-state index contributed by atoms with van der Waals surface area (Å²) in [4.78, 5) is 18.4. The molecule has 0 amide bonds. The first-order chi connectivity index (χ1) is 14.2. The molecule has 6 nitrogen and oxygen atoms in total. The quantitative estimate of drug-likeness (QED) is 0.519. The van der Waals surface area contributed by atoms with Crippen LogP contribution < -0.4 is 4.90 Å². The lowest BCUT2D eigenvalue weighted by molar-refractivity contribution is 0.312.